The summed E-state index contributed by atoms with van der Waals surface area (Å²) in [6.45, 7) is 0. The number of halogens is 3. The lowest BCUT2D eigenvalue weighted by Crippen LogP contribution is -2.22. The smallest absolute Gasteiger partial charge is 0.481 e. The molecule has 1 fully saturated rings. The van der Waals surface area contributed by atoms with E-state index in [4.69, 9.17) is 5.73 Å². The van der Waals surface area contributed by atoms with Crippen molar-refractivity contribution in [1.82, 2.24) is 0 Å². The number of hydrogen-bond donors (Lipinski definition) is 2. The number of anilines is 1. The fourth-order valence-electron chi connectivity index (χ4n) is 2.50. The quantitative estimate of drug-likeness (QED) is 0.816. The Kier molecular flexibility index (Phi) is 4.29. The zero-order chi connectivity index (χ0) is 15.6. The predicted molar refractivity (Wildman–Crippen MR) is 69.9 cm³/mol. The summed E-state index contributed by atoms with van der Waals surface area (Å²) in [7, 11) is 0. The standard InChI is InChI=1S/C14H16F3NO3/c15-14(16,17)21-11-6-2-5-9(12(11)18)10(13(19)20)7-8-3-1-4-8/h2,5-6,8,10H,1,3-4,7,18H2,(H,19,20). The monoisotopic (exact) mass is 303 g/mol. The number of hydrogen-bond acceptors (Lipinski definition) is 3. The Bertz CT molecular complexity index is 527. The van der Waals surface area contributed by atoms with E-state index in [9.17, 15) is 23.1 Å². The zero-order valence-corrected chi connectivity index (χ0v) is 11.2. The molecule has 2 rings (SSSR count). The van der Waals surface area contributed by atoms with Crippen LogP contribution in [0.3, 0.4) is 0 Å². The highest BCUT2D eigenvalue weighted by Crippen LogP contribution is 2.40. The first-order valence-corrected chi connectivity index (χ1v) is 6.65. The molecule has 4 nitrogen and oxygen atoms in total. The highest BCUT2D eigenvalue weighted by Gasteiger charge is 2.34. The van der Waals surface area contributed by atoms with Gasteiger partial charge in [-0.3, -0.25) is 4.79 Å². The molecule has 0 aromatic heterocycles. The summed E-state index contributed by atoms with van der Waals surface area (Å²) in [5, 5.41) is 9.32. The van der Waals surface area contributed by atoms with Gasteiger partial charge < -0.3 is 15.6 Å². The second kappa shape index (κ2) is 5.83. The lowest BCUT2D eigenvalue weighted by atomic mass is 9.77. The number of aliphatic carboxylic acids is 1. The highest BCUT2D eigenvalue weighted by molar-refractivity contribution is 5.79. The number of carboxylic acids is 1. The van der Waals surface area contributed by atoms with Gasteiger partial charge in [-0.05, 0) is 24.0 Å². The zero-order valence-electron chi connectivity index (χ0n) is 11.2. The van der Waals surface area contributed by atoms with Crippen molar-refractivity contribution in [2.75, 3.05) is 5.73 Å². The fraction of sp³-hybridized carbons (Fsp3) is 0.500. The Hall–Kier alpha value is -1.92. The minimum Gasteiger partial charge on any atom is -0.481 e. The van der Waals surface area contributed by atoms with Crippen molar-refractivity contribution in [3.63, 3.8) is 0 Å². The van der Waals surface area contributed by atoms with Crippen molar-refractivity contribution < 1.29 is 27.8 Å². The Morgan fingerprint density at radius 2 is 2.10 bits per heavy atom. The van der Waals surface area contributed by atoms with E-state index in [-0.39, 0.29) is 17.2 Å². The van der Waals surface area contributed by atoms with Gasteiger partial charge in [0.1, 0.15) is 0 Å². The summed E-state index contributed by atoms with van der Waals surface area (Å²) in [6.07, 6.45) is -1.52. The maximum Gasteiger partial charge on any atom is 0.573 e. The molecule has 0 saturated heterocycles. The molecule has 1 aliphatic carbocycles. The molecule has 1 unspecified atom stereocenters. The summed E-state index contributed by atoms with van der Waals surface area (Å²) in [5.41, 5.74) is 5.59. The Balaban J connectivity index is 2.27. The van der Waals surface area contributed by atoms with E-state index in [0.717, 1.165) is 25.3 Å². The van der Waals surface area contributed by atoms with Crippen molar-refractivity contribution in [1.29, 1.82) is 0 Å². The van der Waals surface area contributed by atoms with E-state index in [1.54, 1.807) is 0 Å². The molecule has 1 saturated carbocycles. The maximum absolute atomic E-state index is 12.3. The van der Waals surface area contributed by atoms with Crippen molar-refractivity contribution in [2.45, 2.75) is 38.0 Å². The van der Waals surface area contributed by atoms with E-state index in [0.29, 0.717) is 6.42 Å². The lowest BCUT2D eigenvalue weighted by molar-refractivity contribution is -0.274. The van der Waals surface area contributed by atoms with Crippen LogP contribution in [0.2, 0.25) is 0 Å². The molecule has 1 aromatic rings. The second-order valence-corrected chi connectivity index (χ2v) is 5.23. The number of ether oxygens (including phenoxy) is 1. The third-order valence-corrected chi connectivity index (χ3v) is 3.79. The molecule has 0 radical (unpaired) electrons. The number of nitrogen functional groups attached to an aromatic ring is 1. The molecule has 0 aliphatic heterocycles. The summed E-state index contributed by atoms with van der Waals surface area (Å²) < 4.78 is 40.7. The van der Waals surface area contributed by atoms with Crippen molar-refractivity contribution in [2.24, 2.45) is 5.92 Å². The van der Waals surface area contributed by atoms with Crippen molar-refractivity contribution in [3.05, 3.63) is 23.8 Å². The average Bonchev–Trinajstić information content (AvgIpc) is 2.29. The van der Waals surface area contributed by atoms with Gasteiger partial charge in [0.2, 0.25) is 0 Å². The topological polar surface area (TPSA) is 72.5 Å². The third-order valence-electron chi connectivity index (χ3n) is 3.79. The molecule has 21 heavy (non-hydrogen) atoms. The first kappa shape index (κ1) is 15.5. The normalized spacial score (nSPS) is 17.1. The van der Waals surface area contributed by atoms with E-state index < -0.39 is 24.0 Å². The predicted octanol–water partition coefficient (Wildman–Crippen LogP) is 3.53. The molecule has 7 heteroatoms. The molecule has 3 N–H and O–H groups in total. The van der Waals surface area contributed by atoms with Gasteiger partial charge in [0.25, 0.3) is 0 Å². The lowest BCUT2D eigenvalue weighted by Gasteiger charge is -2.28. The number of para-hydroxylation sites is 1. The van der Waals surface area contributed by atoms with Crippen LogP contribution in [0.15, 0.2) is 18.2 Å². The molecule has 116 valence electrons. The number of rotatable bonds is 5. The van der Waals surface area contributed by atoms with Crippen LogP contribution in [0.1, 0.15) is 37.2 Å². The van der Waals surface area contributed by atoms with Gasteiger partial charge in [-0.2, -0.15) is 0 Å². The van der Waals surface area contributed by atoms with Crippen LogP contribution in [0.4, 0.5) is 18.9 Å². The van der Waals surface area contributed by atoms with E-state index >= 15 is 0 Å². The first-order chi connectivity index (χ1) is 9.78. The summed E-state index contributed by atoms with van der Waals surface area (Å²) in [4.78, 5) is 11.4. The molecular formula is C14H16F3NO3. The Morgan fingerprint density at radius 1 is 1.43 bits per heavy atom. The van der Waals surface area contributed by atoms with Crippen LogP contribution in [-0.4, -0.2) is 17.4 Å². The first-order valence-electron chi connectivity index (χ1n) is 6.65. The van der Waals surface area contributed by atoms with Crippen LogP contribution in [0.5, 0.6) is 5.75 Å². The highest BCUT2D eigenvalue weighted by atomic mass is 19.4. The van der Waals surface area contributed by atoms with E-state index in [1.807, 2.05) is 0 Å². The number of carbonyl (C=O) groups is 1. The van der Waals surface area contributed by atoms with Crippen molar-refractivity contribution >= 4 is 11.7 Å². The number of carboxylic acid groups (broad SMARTS) is 1. The number of benzene rings is 1. The Labute approximate surface area is 119 Å². The molecule has 0 spiro atoms. The number of nitrogens with two attached hydrogens (primary N) is 1. The SMILES string of the molecule is Nc1c(OC(F)(F)F)cccc1C(CC1CCC1)C(=O)O. The molecule has 1 aromatic carbocycles. The summed E-state index contributed by atoms with van der Waals surface area (Å²) in [5.74, 6) is -2.26. The van der Waals surface area contributed by atoms with Gasteiger partial charge in [0.15, 0.2) is 5.75 Å². The van der Waals surface area contributed by atoms with Gasteiger partial charge in [0, 0.05) is 0 Å². The number of alkyl halides is 3. The molecule has 0 bridgehead atoms. The molecule has 1 aliphatic rings. The largest absolute Gasteiger partial charge is 0.573 e. The minimum absolute atomic E-state index is 0.177. The minimum atomic E-state index is -4.86. The van der Waals surface area contributed by atoms with Gasteiger partial charge in [-0.15, -0.1) is 13.2 Å². The van der Waals surface area contributed by atoms with Gasteiger partial charge in [0.05, 0.1) is 11.6 Å². The van der Waals surface area contributed by atoms with Crippen LogP contribution in [0.25, 0.3) is 0 Å². The molecule has 0 amide bonds. The fourth-order valence-corrected chi connectivity index (χ4v) is 2.50. The van der Waals surface area contributed by atoms with Gasteiger partial charge >= 0.3 is 12.3 Å². The van der Waals surface area contributed by atoms with Crippen LogP contribution in [0, 0.1) is 5.92 Å². The maximum atomic E-state index is 12.3. The van der Waals surface area contributed by atoms with Crippen molar-refractivity contribution in [3.8, 4) is 5.75 Å². The van der Waals surface area contributed by atoms with Crippen LogP contribution >= 0.6 is 0 Å². The molecular weight excluding hydrogens is 287 g/mol. The van der Waals surface area contributed by atoms with Gasteiger partial charge in [-0.25, -0.2) is 0 Å². The summed E-state index contributed by atoms with van der Waals surface area (Å²) in [6, 6.07) is 3.84. The second-order valence-electron chi connectivity index (χ2n) is 5.23. The molecule has 0 heterocycles. The van der Waals surface area contributed by atoms with E-state index in [2.05, 4.69) is 4.74 Å². The van der Waals surface area contributed by atoms with Gasteiger partial charge in [-0.1, -0.05) is 31.4 Å². The summed E-state index contributed by atoms with van der Waals surface area (Å²) >= 11 is 0. The van der Waals surface area contributed by atoms with Crippen LogP contribution in [-0.2, 0) is 4.79 Å². The van der Waals surface area contributed by atoms with Crippen LogP contribution < -0.4 is 10.5 Å². The third kappa shape index (κ3) is 3.80. The Morgan fingerprint density at radius 3 is 2.57 bits per heavy atom. The molecule has 1 atom stereocenters. The van der Waals surface area contributed by atoms with E-state index in [1.165, 1.54) is 12.1 Å². The average molecular weight is 303 g/mol.